The summed E-state index contributed by atoms with van der Waals surface area (Å²) in [6.07, 6.45) is 1.65. The van der Waals surface area contributed by atoms with Gasteiger partial charge in [-0.1, -0.05) is 0 Å². The van der Waals surface area contributed by atoms with Gasteiger partial charge in [0.25, 0.3) is 5.91 Å². The summed E-state index contributed by atoms with van der Waals surface area (Å²) in [6, 6.07) is 1.66. The molecule has 0 aliphatic carbocycles. The second kappa shape index (κ2) is 7.33. The summed E-state index contributed by atoms with van der Waals surface area (Å²) in [7, 11) is 6.05. The molecule has 0 saturated carbocycles. The third-order valence-corrected chi connectivity index (χ3v) is 3.51. The summed E-state index contributed by atoms with van der Waals surface area (Å²) >= 11 is 0. The minimum absolute atomic E-state index is 0.144. The van der Waals surface area contributed by atoms with Gasteiger partial charge in [-0.25, -0.2) is 9.97 Å². The first kappa shape index (κ1) is 15.7. The Bertz CT molecular complexity index is 470. The number of piperazine rings is 1. The van der Waals surface area contributed by atoms with Crippen LogP contribution in [0.4, 0.5) is 5.95 Å². The summed E-state index contributed by atoms with van der Waals surface area (Å²) in [6.45, 7) is 5.18. The van der Waals surface area contributed by atoms with E-state index in [-0.39, 0.29) is 5.91 Å². The van der Waals surface area contributed by atoms with Crippen LogP contribution in [0.5, 0.6) is 0 Å². The topological polar surface area (TPSA) is 64.6 Å². The summed E-state index contributed by atoms with van der Waals surface area (Å²) in [5.41, 5.74) is 0.428. The lowest BCUT2D eigenvalue weighted by molar-refractivity contribution is 0.0946. The van der Waals surface area contributed by atoms with Gasteiger partial charge in [0.15, 0.2) is 0 Å². The maximum absolute atomic E-state index is 12.1. The van der Waals surface area contributed by atoms with Gasteiger partial charge < -0.3 is 20.0 Å². The fourth-order valence-corrected chi connectivity index (χ4v) is 2.12. The molecular formula is C14H24N6O. The van der Waals surface area contributed by atoms with E-state index in [1.165, 1.54) is 0 Å². The molecule has 1 aromatic heterocycles. The number of aromatic nitrogens is 2. The first-order valence-corrected chi connectivity index (χ1v) is 7.26. The van der Waals surface area contributed by atoms with Gasteiger partial charge in [-0.15, -0.1) is 0 Å². The van der Waals surface area contributed by atoms with Gasteiger partial charge in [0.1, 0.15) is 5.69 Å². The van der Waals surface area contributed by atoms with Crippen molar-refractivity contribution in [1.29, 1.82) is 0 Å². The molecule has 2 heterocycles. The van der Waals surface area contributed by atoms with Gasteiger partial charge in [0.05, 0.1) is 0 Å². The second-order valence-electron chi connectivity index (χ2n) is 5.59. The Kier molecular flexibility index (Phi) is 5.46. The van der Waals surface area contributed by atoms with Gasteiger partial charge in [0, 0.05) is 45.5 Å². The van der Waals surface area contributed by atoms with E-state index in [1.54, 1.807) is 12.3 Å². The van der Waals surface area contributed by atoms with Crippen molar-refractivity contribution in [3.8, 4) is 0 Å². The Balaban J connectivity index is 1.95. The van der Waals surface area contributed by atoms with E-state index in [0.717, 1.165) is 32.7 Å². The standard InChI is InChI=1S/C14H24N6O/c1-18(2)7-6-15-13(21)12-4-5-16-14(17-12)20-10-8-19(3)9-11-20/h4-5H,6-11H2,1-3H3,(H,15,21). The number of nitrogens with one attached hydrogen (secondary N) is 1. The lowest BCUT2D eigenvalue weighted by atomic mass is 10.3. The molecule has 7 nitrogen and oxygen atoms in total. The average molecular weight is 292 g/mol. The summed E-state index contributed by atoms with van der Waals surface area (Å²) in [4.78, 5) is 27.2. The monoisotopic (exact) mass is 292 g/mol. The van der Waals surface area contributed by atoms with Crippen molar-refractivity contribution < 1.29 is 4.79 Å². The maximum atomic E-state index is 12.1. The lowest BCUT2D eigenvalue weighted by Gasteiger charge is -2.32. The van der Waals surface area contributed by atoms with Gasteiger partial charge in [-0.05, 0) is 27.2 Å². The molecule has 116 valence electrons. The predicted octanol–water partition coefficient (Wildman–Crippen LogP) is -0.480. The van der Waals surface area contributed by atoms with E-state index in [1.807, 2.05) is 19.0 Å². The zero-order valence-corrected chi connectivity index (χ0v) is 13.0. The van der Waals surface area contributed by atoms with Crippen LogP contribution in [0.2, 0.25) is 0 Å². The summed E-state index contributed by atoms with van der Waals surface area (Å²) < 4.78 is 0. The highest BCUT2D eigenvalue weighted by atomic mass is 16.1. The van der Waals surface area contributed by atoms with Crippen LogP contribution in [0.15, 0.2) is 12.3 Å². The van der Waals surface area contributed by atoms with E-state index in [2.05, 4.69) is 32.1 Å². The highest BCUT2D eigenvalue weighted by Gasteiger charge is 2.17. The molecule has 0 radical (unpaired) electrons. The Morgan fingerprint density at radius 2 is 2.05 bits per heavy atom. The Morgan fingerprint density at radius 3 is 2.71 bits per heavy atom. The number of hydrogen-bond acceptors (Lipinski definition) is 6. The van der Waals surface area contributed by atoms with Gasteiger partial charge in [0.2, 0.25) is 5.95 Å². The maximum Gasteiger partial charge on any atom is 0.270 e. The van der Waals surface area contributed by atoms with Gasteiger partial charge in [-0.3, -0.25) is 4.79 Å². The molecule has 1 aromatic rings. The highest BCUT2D eigenvalue weighted by Crippen LogP contribution is 2.10. The molecule has 2 rings (SSSR count). The normalized spacial score (nSPS) is 16.3. The molecule has 1 fully saturated rings. The molecule has 0 unspecified atom stereocenters. The number of hydrogen-bond donors (Lipinski definition) is 1. The molecule has 1 N–H and O–H groups in total. The molecule has 7 heteroatoms. The van der Waals surface area contributed by atoms with Crippen LogP contribution in [-0.4, -0.2) is 86.1 Å². The van der Waals surface area contributed by atoms with Crippen molar-refractivity contribution >= 4 is 11.9 Å². The van der Waals surface area contributed by atoms with E-state index in [4.69, 9.17) is 0 Å². The van der Waals surface area contributed by atoms with E-state index in [0.29, 0.717) is 18.2 Å². The molecule has 1 amide bonds. The zero-order chi connectivity index (χ0) is 15.2. The van der Waals surface area contributed by atoms with Crippen LogP contribution in [0.25, 0.3) is 0 Å². The van der Waals surface area contributed by atoms with Crippen LogP contribution in [0.1, 0.15) is 10.5 Å². The molecule has 1 aliphatic rings. The van der Waals surface area contributed by atoms with Crippen molar-refractivity contribution in [2.45, 2.75) is 0 Å². The first-order valence-electron chi connectivity index (χ1n) is 7.26. The molecule has 0 atom stereocenters. The van der Waals surface area contributed by atoms with Crippen molar-refractivity contribution in [3.63, 3.8) is 0 Å². The average Bonchev–Trinajstić information content (AvgIpc) is 2.47. The smallest absolute Gasteiger partial charge is 0.270 e. The molecule has 0 bridgehead atoms. The fourth-order valence-electron chi connectivity index (χ4n) is 2.12. The molecule has 1 aliphatic heterocycles. The van der Waals surface area contributed by atoms with Crippen LogP contribution >= 0.6 is 0 Å². The van der Waals surface area contributed by atoms with Crippen molar-refractivity contribution in [2.75, 3.05) is 65.3 Å². The van der Waals surface area contributed by atoms with Crippen LogP contribution in [-0.2, 0) is 0 Å². The minimum Gasteiger partial charge on any atom is -0.349 e. The number of carbonyl (C=O) groups is 1. The minimum atomic E-state index is -0.144. The summed E-state index contributed by atoms with van der Waals surface area (Å²) in [5, 5.41) is 2.87. The predicted molar refractivity (Wildman–Crippen MR) is 82.6 cm³/mol. The third kappa shape index (κ3) is 4.64. The third-order valence-electron chi connectivity index (χ3n) is 3.51. The molecule has 1 saturated heterocycles. The quantitative estimate of drug-likeness (QED) is 0.791. The number of nitrogens with zero attached hydrogens (tertiary/aromatic N) is 5. The van der Waals surface area contributed by atoms with Crippen molar-refractivity contribution in [2.24, 2.45) is 0 Å². The van der Waals surface area contributed by atoms with Crippen LogP contribution in [0, 0.1) is 0 Å². The Labute approximate surface area is 126 Å². The largest absolute Gasteiger partial charge is 0.349 e. The van der Waals surface area contributed by atoms with Crippen molar-refractivity contribution in [1.82, 2.24) is 25.1 Å². The van der Waals surface area contributed by atoms with E-state index < -0.39 is 0 Å². The van der Waals surface area contributed by atoms with Crippen LogP contribution in [0.3, 0.4) is 0 Å². The zero-order valence-electron chi connectivity index (χ0n) is 13.0. The fraction of sp³-hybridized carbons (Fsp3) is 0.643. The number of amides is 1. The molecule has 21 heavy (non-hydrogen) atoms. The van der Waals surface area contributed by atoms with Gasteiger partial charge >= 0.3 is 0 Å². The van der Waals surface area contributed by atoms with Crippen LogP contribution < -0.4 is 10.2 Å². The number of carbonyl (C=O) groups excluding carboxylic acids is 1. The number of likely N-dealkylation sites (N-methyl/N-ethyl adjacent to an activating group) is 2. The molecule has 0 aromatic carbocycles. The molecular weight excluding hydrogens is 268 g/mol. The number of rotatable bonds is 5. The number of anilines is 1. The van der Waals surface area contributed by atoms with E-state index in [9.17, 15) is 4.79 Å². The summed E-state index contributed by atoms with van der Waals surface area (Å²) in [5.74, 6) is 0.498. The second-order valence-corrected chi connectivity index (χ2v) is 5.59. The Morgan fingerprint density at radius 1 is 1.33 bits per heavy atom. The Hall–Kier alpha value is -1.73. The highest BCUT2D eigenvalue weighted by molar-refractivity contribution is 5.92. The van der Waals surface area contributed by atoms with E-state index >= 15 is 0 Å². The molecule has 0 spiro atoms. The first-order chi connectivity index (χ1) is 10.1. The van der Waals surface area contributed by atoms with Gasteiger partial charge in [-0.2, -0.15) is 0 Å². The lowest BCUT2D eigenvalue weighted by Crippen LogP contribution is -2.45. The SMILES string of the molecule is CN(C)CCNC(=O)c1ccnc(N2CCN(C)CC2)n1. The van der Waals surface area contributed by atoms with Crippen molar-refractivity contribution in [3.05, 3.63) is 18.0 Å².